The van der Waals surface area contributed by atoms with Crippen molar-refractivity contribution in [3.8, 4) is 0 Å². The van der Waals surface area contributed by atoms with E-state index in [1.807, 2.05) is 53.3 Å². The number of thiophene rings is 1. The SMILES string of the molecule is Cc1ccc(N2C(=O)c3cc4ccsc4n3C[C@]2(C)C(=O)NCc2ccc(F)cc2)cc1. The summed E-state index contributed by atoms with van der Waals surface area (Å²) < 4.78 is 15.2. The number of anilines is 1. The van der Waals surface area contributed by atoms with Crippen LogP contribution in [0.25, 0.3) is 10.2 Å². The minimum Gasteiger partial charge on any atom is -0.350 e. The Morgan fingerprint density at radius 2 is 1.84 bits per heavy atom. The third-order valence-corrected chi connectivity index (χ3v) is 6.98. The topological polar surface area (TPSA) is 54.3 Å². The average Bonchev–Trinajstić information content (AvgIpc) is 3.37. The highest BCUT2D eigenvalue weighted by molar-refractivity contribution is 7.16. The molecule has 2 amide bonds. The van der Waals surface area contributed by atoms with E-state index in [-0.39, 0.29) is 24.2 Å². The fourth-order valence-corrected chi connectivity index (χ4v) is 5.17. The molecule has 32 heavy (non-hydrogen) atoms. The van der Waals surface area contributed by atoms with Gasteiger partial charge in [0.15, 0.2) is 0 Å². The van der Waals surface area contributed by atoms with Crippen LogP contribution >= 0.6 is 11.3 Å². The van der Waals surface area contributed by atoms with Gasteiger partial charge in [-0.3, -0.25) is 14.5 Å². The second-order valence-electron chi connectivity index (χ2n) is 8.36. The van der Waals surface area contributed by atoms with Gasteiger partial charge in [-0.2, -0.15) is 0 Å². The molecule has 2 aromatic heterocycles. The molecular weight excluding hydrogens is 425 g/mol. The second kappa shape index (κ2) is 7.60. The maximum Gasteiger partial charge on any atom is 0.275 e. The molecular formula is C25H22FN3O2S. The number of rotatable bonds is 4. The Morgan fingerprint density at radius 3 is 2.56 bits per heavy atom. The summed E-state index contributed by atoms with van der Waals surface area (Å²) in [6.45, 7) is 4.36. The summed E-state index contributed by atoms with van der Waals surface area (Å²) in [4.78, 5) is 29.8. The molecule has 0 spiro atoms. The van der Waals surface area contributed by atoms with E-state index in [2.05, 4.69) is 5.32 Å². The summed E-state index contributed by atoms with van der Waals surface area (Å²) in [5, 5.41) is 5.95. The molecule has 0 unspecified atom stereocenters. The van der Waals surface area contributed by atoms with E-state index < -0.39 is 5.54 Å². The number of carbonyl (C=O) groups excluding carboxylic acids is 2. The number of benzene rings is 2. The van der Waals surface area contributed by atoms with Crippen LogP contribution in [0.5, 0.6) is 0 Å². The molecule has 162 valence electrons. The van der Waals surface area contributed by atoms with Crippen molar-refractivity contribution in [2.45, 2.75) is 32.5 Å². The van der Waals surface area contributed by atoms with Crippen molar-refractivity contribution in [2.75, 3.05) is 4.90 Å². The number of fused-ring (bicyclic) bond motifs is 3. The van der Waals surface area contributed by atoms with Crippen LogP contribution in [0.15, 0.2) is 66.0 Å². The lowest BCUT2D eigenvalue weighted by Crippen LogP contribution is -2.64. The minimum absolute atomic E-state index is 0.206. The molecule has 3 heterocycles. The predicted molar refractivity (Wildman–Crippen MR) is 124 cm³/mol. The number of aromatic nitrogens is 1. The van der Waals surface area contributed by atoms with Gasteiger partial charge in [0.25, 0.3) is 5.91 Å². The zero-order valence-corrected chi connectivity index (χ0v) is 18.6. The molecule has 4 aromatic rings. The van der Waals surface area contributed by atoms with Gasteiger partial charge in [0.2, 0.25) is 5.91 Å². The van der Waals surface area contributed by atoms with Crippen molar-refractivity contribution >= 4 is 39.1 Å². The quantitative estimate of drug-likeness (QED) is 0.485. The van der Waals surface area contributed by atoms with Crippen LogP contribution in [-0.2, 0) is 17.9 Å². The van der Waals surface area contributed by atoms with Gasteiger partial charge in [0.05, 0.1) is 6.54 Å². The number of amides is 2. The van der Waals surface area contributed by atoms with E-state index in [1.54, 1.807) is 35.3 Å². The Labute approximate surface area is 189 Å². The lowest BCUT2D eigenvalue weighted by atomic mass is 9.93. The van der Waals surface area contributed by atoms with Crippen molar-refractivity contribution < 1.29 is 14.0 Å². The fourth-order valence-electron chi connectivity index (χ4n) is 4.27. The highest BCUT2D eigenvalue weighted by Gasteiger charge is 2.48. The second-order valence-corrected chi connectivity index (χ2v) is 9.25. The summed E-state index contributed by atoms with van der Waals surface area (Å²) >= 11 is 1.56. The van der Waals surface area contributed by atoms with Gasteiger partial charge >= 0.3 is 0 Å². The minimum atomic E-state index is -1.14. The molecule has 0 fully saturated rings. The molecule has 0 saturated heterocycles. The van der Waals surface area contributed by atoms with Crippen molar-refractivity contribution in [2.24, 2.45) is 0 Å². The normalized spacial score (nSPS) is 18.1. The highest BCUT2D eigenvalue weighted by Crippen LogP contribution is 2.37. The Bertz CT molecular complexity index is 1320. The molecule has 0 bridgehead atoms. The Kier molecular flexibility index (Phi) is 4.86. The number of halogens is 1. The molecule has 0 aliphatic carbocycles. The molecule has 7 heteroatoms. The van der Waals surface area contributed by atoms with Gasteiger partial charge < -0.3 is 9.88 Å². The molecule has 1 aliphatic rings. The van der Waals surface area contributed by atoms with Gasteiger partial charge in [-0.1, -0.05) is 29.8 Å². The highest BCUT2D eigenvalue weighted by atomic mass is 32.1. The molecule has 0 radical (unpaired) electrons. The molecule has 1 aliphatic heterocycles. The molecule has 1 N–H and O–H groups in total. The predicted octanol–water partition coefficient (Wildman–Crippen LogP) is 4.89. The number of hydrogen-bond donors (Lipinski definition) is 1. The van der Waals surface area contributed by atoms with Crippen LogP contribution < -0.4 is 10.2 Å². The summed E-state index contributed by atoms with van der Waals surface area (Å²) in [6.07, 6.45) is 0. The molecule has 5 rings (SSSR count). The van der Waals surface area contributed by atoms with E-state index in [4.69, 9.17) is 0 Å². The lowest BCUT2D eigenvalue weighted by molar-refractivity contribution is -0.126. The van der Waals surface area contributed by atoms with Gasteiger partial charge in [0.1, 0.15) is 21.9 Å². The first-order valence-electron chi connectivity index (χ1n) is 10.4. The van der Waals surface area contributed by atoms with E-state index in [9.17, 15) is 14.0 Å². The maximum atomic E-state index is 13.7. The molecule has 2 aromatic carbocycles. The zero-order valence-electron chi connectivity index (χ0n) is 17.8. The van der Waals surface area contributed by atoms with Gasteiger partial charge in [-0.15, -0.1) is 11.3 Å². The number of carbonyl (C=O) groups is 2. The van der Waals surface area contributed by atoms with E-state index in [0.717, 1.165) is 21.3 Å². The summed E-state index contributed by atoms with van der Waals surface area (Å²) in [5.74, 6) is -0.793. The van der Waals surface area contributed by atoms with Gasteiger partial charge in [-0.25, -0.2) is 4.39 Å². The first kappa shape index (κ1) is 20.5. The van der Waals surface area contributed by atoms with E-state index >= 15 is 0 Å². The van der Waals surface area contributed by atoms with Crippen molar-refractivity contribution in [1.29, 1.82) is 0 Å². The number of nitrogens with zero attached hydrogens (tertiary/aromatic N) is 2. The third-order valence-electron chi connectivity index (χ3n) is 6.03. The smallest absolute Gasteiger partial charge is 0.275 e. The van der Waals surface area contributed by atoms with Crippen molar-refractivity contribution in [3.05, 3.63) is 88.7 Å². The lowest BCUT2D eigenvalue weighted by Gasteiger charge is -2.44. The third kappa shape index (κ3) is 3.29. The van der Waals surface area contributed by atoms with E-state index in [1.165, 1.54) is 12.1 Å². The number of nitrogens with one attached hydrogen (secondary N) is 1. The molecule has 1 atom stereocenters. The Balaban J connectivity index is 1.55. The Morgan fingerprint density at radius 1 is 1.12 bits per heavy atom. The van der Waals surface area contributed by atoms with Crippen molar-refractivity contribution in [1.82, 2.24) is 9.88 Å². The largest absolute Gasteiger partial charge is 0.350 e. The van der Waals surface area contributed by atoms with Crippen LogP contribution in [0.1, 0.15) is 28.5 Å². The standard InChI is InChI=1S/C25H22FN3O2S/c1-16-3-9-20(10-4-16)29-22(30)21-13-18-11-12-32-23(18)28(21)15-25(29,2)24(31)27-14-17-5-7-19(26)8-6-17/h3-13H,14-15H2,1-2H3,(H,27,31)/t25-/m1/s1. The van der Waals surface area contributed by atoms with Crippen LogP contribution in [0.3, 0.4) is 0 Å². The van der Waals surface area contributed by atoms with Crippen molar-refractivity contribution in [3.63, 3.8) is 0 Å². The Hall–Kier alpha value is -3.45. The number of aryl methyl sites for hydroxylation is 1. The van der Waals surface area contributed by atoms with Crippen LogP contribution in [0, 0.1) is 12.7 Å². The van der Waals surface area contributed by atoms with Gasteiger partial charge in [0, 0.05) is 17.6 Å². The maximum absolute atomic E-state index is 13.7. The van der Waals surface area contributed by atoms with E-state index in [0.29, 0.717) is 17.9 Å². The first-order valence-corrected chi connectivity index (χ1v) is 11.3. The van der Waals surface area contributed by atoms with Crippen LogP contribution in [-0.4, -0.2) is 21.9 Å². The molecule has 5 nitrogen and oxygen atoms in total. The summed E-state index contributed by atoms with van der Waals surface area (Å²) in [7, 11) is 0. The first-order chi connectivity index (χ1) is 15.4. The zero-order chi connectivity index (χ0) is 22.5. The van der Waals surface area contributed by atoms with Crippen LogP contribution in [0.2, 0.25) is 0 Å². The summed E-state index contributed by atoms with van der Waals surface area (Å²) in [6, 6.07) is 17.5. The fraction of sp³-hybridized carbons (Fsp3) is 0.200. The average molecular weight is 448 g/mol. The summed E-state index contributed by atoms with van der Waals surface area (Å²) in [5.41, 5.74) is 1.97. The van der Waals surface area contributed by atoms with Crippen LogP contribution in [0.4, 0.5) is 10.1 Å². The van der Waals surface area contributed by atoms with Gasteiger partial charge in [-0.05, 0) is 61.2 Å². The molecule has 0 saturated carbocycles. The number of hydrogen-bond acceptors (Lipinski definition) is 3. The monoisotopic (exact) mass is 447 g/mol.